The van der Waals surface area contributed by atoms with Crippen molar-refractivity contribution >= 4 is 17.5 Å². The quantitative estimate of drug-likeness (QED) is 0.830. The van der Waals surface area contributed by atoms with E-state index in [1.165, 1.54) is 24.5 Å². The summed E-state index contributed by atoms with van der Waals surface area (Å²) in [6.45, 7) is 0.536. The highest BCUT2D eigenvalue weighted by Crippen LogP contribution is 2.30. The van der Waals surface area contributed by atoms with E-state index in [1.807, 2.05) is 0 Å². The highest BCUT2D eigenvalue weighted by Gasteiger charge is 2.37. The molecule has 0 radical (unpaired) electrons. The van der Waals surface area contributed by atoms with Crippen LogP contribution < -0.4 is 10.2 Å². The number of nitrogens with zero attached hydrogens (tertiary/aromatic N) is 1. The Balaban J connectivity index is 1.56. The van der Waals surface area contributed by atoms with E-state index in [0.29, 0.717) is 6.54 Å². The smallest absolute Gasteiger partial charge is 0.228 e. The summed E-state index contributed by atoms with van der Waals surface area (Å²) in [4.78, 5) is 25.4. The molecule has 1 aromatic rings. The molecule has 0 aromatic heterocycles. The lowest BCUT2D eigenvalue weighted by molar-refractivity contribution is -0.126. The fraction of sp³-hybridized carbons (Fsp3) is 0.474. The molecule has 134 valence electrons. The number of para-hydroxylation sites is 1. The van der Waals surface area contributed by atoms with E-state index >= 15 is 0 Å². The van der Waals surface area contributed by atoms with Gasteiger partial charge in [0.1, 0.15) is 17.3 Å². The van der Waals surface area contributed by atoms with Crippen LogP contribution in [0, 0.1) is 17.6 Å². The van der Waals surface area contributed by atoms with Crippen LogP contribution in [-0.4, -0.2) is 24.9 Å². The van der Waals surface area contributed by atoms with Gasteiger partial charge in [-0.15, -0.1) is 0 Å². The van der Waals surface area contributed by atoms with Crippen LogP contribution in [0.3, 0.4) is 0 Å². The fourth-order valence-electron chi connectivity index (χ4n) is 3.47. The van der Waals surface area contributed by atoms with Gasteiger partial charge in [0.05, 0.1) is 5.92 Å². The Bertz CT molecular complexity index is 682. The summed E-state index contributed by atoms with van der Waals surface area (Å²) in [6, 6.07) is 3.47. The molecule has 1 saturated heterocycles. The van der Waals surface area contributed by atoms with Crippen molar-refractivity contribution in [2.45, 2.75) is 38.5 Å². The molecule has 3 rings (SSSR count). The van der Waals surface area contributed by atoms with Gasteiger partial charge in [-0.2, -0.15) is 0 Å². The van der Waals surface area contributed by atoms with E-state index in [1.54, 1.807) is 0 Å². The summed E-state index contributed by atoms with van der Waals surface area (Å²) in [5.41, 5.74) is 0.999. The Kier molecular flexibility index (Phi) is 5.46. The molecule has 2 amide bonds. The number of anilines is 1. The topological polar surface area (TPSA) is 49.4 Å². The largest absolute Gasteiger partial charge is 0.355 e. The summed E-state index contributed by atoms with van der Waals surface area (Å²) >= 11 is 0. The fourth-order valence-corrected chi connectivity index (χ4v) is 3.47. The Morgan fingerprint density at radius 2 is 2.00 bits per heavy atom. The summed E-state index contributed by atoms with van der Waals surface area (Å²) in [7, 11) is 0. The molecule has 0 saturated carbocycles. The summed E-state index contributed by atoms with van der Waals surface area (Å²) < 4.78 is 27.7. The van der Waals surface area contributed by atoms with Gasteiger partial charge in [0, 0.05) is 19.5 Å². The third kappa shape index (κ3) is 4.06. The maximum Gasteiger partial charge on any atom is 0.228 e. The van der Waals surface area contributed by atoms with Crippen LogP contribution >= 0.6 is 0 Å². The van der Waals surface area contributed by atoms with Crippen molar-refractivity contribution in [1.29, 1.82) is 0 Å². The third-order valence-corrected chi connectivity index (χ3v) is 4.83. The molecule has 1 aromatic carbocycles. The number of nitrogens with one attached hydrogen (secondary N) is 1. The van der Waals surface area contributed by atoms with Crippen molar-refractivity contribution in [2.75, 3.05) is 18.0 Å². The van der Waals surface area contributed by atoms with Crippen molar-refractivity contribution in [3.8, 4) is 0 Å². The summed E-state index contributed by atoms with van der Waals surface area (Å²) in [6.07, 6.45) is 7.63. The lowest BCUT2D eigenvalue weighted by Gasteiger charge is -2.18. The minimum absolute atomic E-state index is 0.00518. The summed E-state index contributed by atoms with van der Waals surface area (Å²) in [5.74, 6) is -2.83. The maximum absolute atomic E-state index is 13.9. The van der Waals surface area contributed by atoms with Crippen LogP contribution in [0.5, 0.6) is 0 Å². The number of rotatable bonds is 5. The first kappa shape index (κ1) is 17.6. The monoisotopic (exact) mass is 348 g/mol. The molecular weight excluding hydrogens is 326 g/mol. The van der Waals surface area contributed by atoms with Gasteiger partial charge in [0.25, 0.3) is 0 Å². The van der Waals surface area contributed by atoms with Gasteiger partial charge in [-0.3, -0.25) is 9.59 Å². The number of benzene rings is 1. The van der Waals surface area contributed by atoms with E-state index in [9.17, 15) is 18.4 Å². The van der Waals surface area contributed by atoms with E-state index in [4.69, 9.17) is 0 Å². The molecule has 2 aliphatic rings. The molecule has 1 heterocycles. The number of hydrogen-bond acceptors (Lipinski definition) is 2. The van der Waals surface area contributed by atoms with Gasteiger partial charge < -0.3 is 10.2 Å². The number of carbonyl (C=O) groups excluding carboxylic acids is 2. The predicted octanol–water partition coefficient (Wildman–Crippen LogP) is 3.32. The van der Waals surface area contributed by atoms with Crippen molar-refractivity contribution < 1.29 is 18.4 Å². The Hall–Kier alpha value is -2.24. The Morgan fingerprint density at radius 3 is 2.68 bits per heavy atom. The number of allylic oxidation sites excluding steroid dienone is 1. The number of hydrogen-bond donors (Lipinski definition) is 1. The number of carbonyl (C=O) groups is 2. The first-order valence-electron chi connectivity index (χ1n) is 8.76. The maximum atomic E-state index is 13.9. The van der Waals surface area contributed by atoms with Crippen LogP contribution in [-0.2, 0) is 9.59 Å². The third-order valence-electron chi connectivity index (χ3n) is 4.83. The van der Waals surface area contributed by atoms with Crippen LogP contribution in [0.15, 0.2) is 29.8 Å². The van der Waals surface area contributed by atoms with E-state index in [0.717, 1.165) is 36.3 Å². The minimum atomic E-state index is -0.793. The highest BCUT2D eigenvalue weighted by atomic mass is 19.1. The van der Waals surface area contributed by atoms with Crippen molar-refractivity contribution in [1.82, 2.24) is 5.32 Å². The highest BCUT2D eigenvalue weighted by molar-refractivity contribution is 6.00. The van der Waals surface area contributed by atoms with Crippen LogP contribution in [0.4, 0.5) is 14.5 Å². The zero-order chi connectivity index (χ0) is 17.8. The van der Waals surface area contributed by atoms with E-state index in [2.05, 4.69) is 11.4 Å². The second-order valence-corrected chi connectivity index (χ2v) is 6.62. The van der Waals surface area contributed by atoms with Crippen molar-refractivity contribution in [3.05, 3.63) is 41.5 Å². The van der Waals surface area contributed by atoms with Gasteiger partial charge in [0.2, 0.25) is 11.8 Å². The molecule has 25 heavy (non-hydrogen) atoms. The molecule has 1 unspecified atom stereocenters. The molecule has 1 atom stereocenters. The first-order valence-corrected chi connectivity index (χ1v) is 8.76. The van der Waals surface area contributed by atoms with Crippen LogP contribution in [0.25, 0.3) is 0 Å². The van der Waals surface area contributed by atoms with Gasteiger partial charge in [0.15, 0.2) is 0 Å². The van der Waals surface area contributed by atoms with Crippen LogP contribution in [0.2, 0.25) is 0 Å². The average molecular weight is 348 g/mol. The second-order valence-electron chi connectivity index (χ2n) is 6.62. The van der Waals surface area contributed by atoms with E-state index in [-0.39, 0.29) is 24.6 Å². The minimum Gasteiger partial charge on any atom is -0.355 e. The molecule has 1 N–H and O–H groups in total. The Labute approximate surface area is 145 Å². The zero-order valence-corrected chi connectivity index (χ0v) is 14.1. The van der Waals surface area contributed by atoms with Crippen LogP contribution in [0.1, 0.15) is 38.5 Å². The first-order chi connectivity index (χ1) is 12.1. The van der Waals surface area contributed by atoms with Crippen molar-refractivity contribution in [3.63, 3.8) is 0 Å². The molecule has 4 nitrogen and oxygen atoms in total. The van der Waals surface area contributed by atoms with Gasteiger partial charge >= 0.3 is 0 Å². The Morgan fingerprint density at radius 1 is 1.24 bits per heavy atom. The molecule has 1 aliphatic carbocycles. The zero-order valence-electron chi connectivity index (χ0n) is 14.1. The normalized spacial score (nSPS) is 20.6. The van der Waals surface area contributed by atoms with E-state index < -0.39 is 23.5 Å². The molecule has 1 aliphatic heterocycles. The molecule has 0 bridgehead atoms. The van der Waals surface area contributed by atoms with Gasteiger partial charge in [-0.05, 0) is 44.2 Å². The summed E-state index contributed by atoms with van der Waals surface area (Å²) in [5, 5.41) is 2.85. The lowest BCUT2D eigenvalue weighted by atomic mass is 9.97. The molecule has 6 heteroatoms. The number of amides is 2. The predicted molar refractivity (Wildman–Crippen MR) is 91.0 cm³/mol. The van der Waals surface area contributed by atoms with Gasteiger partial charge in [-0.25, -0.2) is 8.78 Å². The lowest BCUT2D eigenvalue weighted by Crippen LogP contribution is -2.34. The van der Waals surface area contributed by atoms with Gasteiger partial charge in [-0.1, -0.05) is 17.7 Å². The molecule has 0 spiro atoms. The SMILES string of the molecule is O=C(NCCC1=CCCCC1)C1CC(=O)N(c2c(F)cccc2F)C1. The average Bonchev–Trinajstić information content (AvgIpc) is 2.97. The standard InChI is InChI=1S/C19H22F2N2O2/c20-15-7-4-8-16(21)18(15)23-12-14(11-17(23)24)19(25)22-10-9-13-5-2-1-3-6-13/h4-5,7-8,14H,1-3,6,9-12H2,(H,22,25). The second kappa shape index (κ2) is 7.76. The van der Waals surface area contributed by atoms with Crippen molar-refractivity contribution in [2.24, 2.45) is 5.92 Å². The molecule has 1 fully saturated rings. The molecular formula is C19H22F2N2O2. The number of halogens is 2.